The van der Waals surface area contributed by atoms with Crippen LogP contribution < -0.4 is 4.90 Å². The number of anilines is 1. The molecule has 2 heterocycles. The maximum absolute atomic E-state index is 13.8. The number of hydrogen-bond acceptors (Lipinski definition) is 3. The van der Waals surface area contributed by atoms with Gasteiger partial charge in [0.15, 0.2) is 0 Å². The molecule has 3 aromatic rings. The summed E-state index contributed by atoms with van der Waals surface area (Å²) in [6, 6.07) is 10.4. The molecule has 4 nitrogen and oxygen atoms in total. The van der Waals surface area contributed by atoms with E-state index in [0.29, 0.717) is 23.6 Å². The van der Waals surface area contributed by atoms with E-state index in [1.54, 1.807) is 25.3 Å². The van der Waals surface area contributed by atoms with E-state index in [1.807, 2.05) is 25.1 Å². The number of fused-ring (bicyclic) bond motifs is 1. The number of alkyl halides is 3. The van der Waals surface area contributed by atoms with Crippen molar-refractivity contribution < 1.29 is 22.5 Å². The number of aryl methyl sites for hydroxylation is 2. The van der Waals surface area contributed by atoms with Crippen molar-refractivity contribution in [2.24, 2.45) is 5.92 Å². The Bertz CT molecular complexity index is 1240. The van der Waals surface area contributed by atoms with Gasteiger partial charge in [0.25, 0.3) is 5.91 Å². The highest BCUT2D eigenvalue weighted by Gasteiger charge is 2.48. The van der Waals surface area contributed by atoms with Crippen LogP contribution in [0.5, 0.6) is 0 Å². The lowest BCUT2D eigenvalue weighted by atomic mass is 9.57. The molecule has 1 aliphatic heterocycles. The molecule has 0 saturated heterocycles. The maximum atomic E-state index is 13.8. The predicted molar refractivity (Wildman–Crippen MR) is 118 cm³/mol. The summed E-state index contributed by atoms with van der Waals surface area (Å²) >= 11 is 0. The Balaban J connectivity index is 1.56. The van der Waals surface area contributed by atoms with E-state index in [9.17, 15) is 18.0 Å². The van der Waals surface area contributed by atoms with Crippen LogP contribution >= 0.6 is 0 Å². The second-order valence-electron chi connectivity index (χ2n) is 9.40. The van der Waals surface area contributed by atoms with Crippen molar-refractivity contribution in [3.63, 3.8) is 0 Å². The average molecular weight is 454 g/mol. The fourth-order valence-corrected chi connectivity index (χ4v) is 5.55. The number of rotatable bonds is 4. The van der Waals surface area contributed by atoms with Gasteiger partial charge in [-0.25, -0.2) is 0 Å². The van der Waals surface area contributed by atoms with Gasteiger partial charge in [-0.3, -0.25) is 4.79 Å². The summed E-state index contributed by atoms with van der Waals surface area (Å²) in [5.74, 6) is 0.126. The molecule has 0 atom stereocenters. The Hall–Kier alpha value is -3.09. The van der Waals surface area contributed by atoms with Crippen molar-refractivity contribution in [1.82, 2.24) is 5.16 Å². The van der Waals surface area contributed by atoms with Crippen LogP contribution in [0.4, 0.5) is 18.9 Å². The monoisotopic (exact) mass is 454 g/mol. The topological polar surface area (TPSA) is 46.3 Å². The van der Waals surface area contributed by atoms with Crippen molar-refractivity contribution in [1.29, 1.82) is 0 Å². The van der Waals surface area contributed by atoms with E-state index in [-0.39, 0.29) is 23.1 Å². The van der Waals surface area contributed by atoms with Crippen LogP contribution in [0.15, 0.2) is 47.2 Å². The van der Waals surface area contributed by atoms with Gasteiger partial charge in [0.1, 0.15) is 6.26 Å². The van der Waals surface area contributed by atoms with Gasteiger partial charge in [-0.15, -0.1) is 0 Å². The van der Waals surface area contributed by atoms with Crippen molar-refractivity contribution in [3.8, 4) is 0 Å². The molecule has 1 amide bonds. The normalized spacial score (nSPS) is 22.4. The molecule has 0 bridgehead atoms. The Kier molecular flexibility index (Phi) is 4.92. The zero-order chi connectivity index (χ0) is 23.5. The van der Waals surface area contributed by atoms with Gasteiger partial charge in [0, 0.05) is 22.2 Å². The summed E-state index contributed by atoms with van der Waals surface area (Å²) in [6.45, 7) is 5.84. The Morgan fingerprint density at radius 2 is 1.97 bits per heavy atom. The van der Waals surface area contributed by atoms with Gasteiger partial charge < -0.3 is 9.42 Å². The highest BCUT2D eigenvalue weighted by Crippen LogP contribution is 2.53. The first-order chi connectivity index (χ1) is 15.6. The molecule has 0 N–H and O–H groups in total. The Morgan fingerprint density at radius 1 is 1.21 bits per heavy atom. The van der Waals surface area contributed by atoms with E-state index >= 15 is 0 Å². The minimum absolute atomic E-state index is 0.0504. The number of aromatic nitrogens is 1. The van der Waals surface area contributed by atoms with E-state index in [4.69, 9.17) is 4.52 Å². The number of hydrogen-bond donors (Lipinski definition) is 0. The largest absolute Gasteiger partial charge is 0.416 e. The molecule has 0 spiro atoms. The number of nitrogens with zero attached hydrogens (tertiary/aromatic N) is 2. The first kappa shape index (κ1) is 21.7. The quantitative estimate of drug-likeness (QED) is 0.456. The van der Waals surface area contributed by atoms with Crippen molar-refractivity contribution in [2.45, 2.75) is 58.2 Å². The summed E-state index contributed by atoms with van der Waals surface area (Å²) in [5.41, 5.74) is 3.14. The molecule has 2 aliphatic rings. The first-order valence-electron chi connectivity index (χ1n) is 11.2. The summed E-state index contributed by atoms with van der Waals surface area (Å²) in [4.78, 5) is 14.7. The van der Waals surface area contributed by atoms with Gasteiger partial charge >= 0.3 is 6.18 Å². The molecule has 1 aliphatic carbocycles. The minimum atomic E-state index is -4.51. The van der Waals surface area contributed by atoms with Gasteiger partial charge in [0.05, 0.1) is 17.8 Å². The number of amides is 1. The highest BCUT2D eigenvalue weighted by atomic mass is 19.4. The predicted octanol–water partition coefficient (Wildman–Crippen LogP) is 6.44. The third-order valence-corrected chi connectivity index (χ3v) is 7.12. The molecule has 7 heteroatoms. The fourth-order valence-electron chi connectivity index (χ4n) is 5.55. The lowest BCUT2D eigenvalue weighted by Gasteiger charge is -2.46. The molecule has 1 aromatic heterocycles. The van der Waals surface area contributed by atoms with Crippen molar-refractivity contribution in [3.05, 3.63) is 81.7 Å². The number of carbonyl (C=O) groups excluding carboxylic acids is 1. The third-order valence-electron chi connectivity index (χ3n) is 7.12. The molecule has 1 saturated carbocycles. The molecule has 2 aromatic carbocycles. The molecule has 0 unspecified atom stereocenters. The highest BCUT2D eigenvalue weighted by molar-refractivity contribution is 6.10. The maximum Gasteiger partial charge on any atom is 0.416 e. The lowest BCUT2D eigenvalue weighted by molar-refractivity contribution is -0.138. The van der Waals surface area contributed by atoms with Crippen LogP contribution in [-0.2, 0) is 24.6 Å². The number of halogens is 3. The van der Waals surface area contributed by atoms with Crippen LogP contribution in [0.3, 0.4) is 0 Å². The van der Waals surface area contributed by atoms with Crippen LogP contribution in [0.1, 0.15) is 70.6 Å². The van der Waals surface area contributed by atoms with Gasteiger partial charge in [-0.1, -0.05) is 31.1 Å². The van der Waals surface area contributed by atoms with E-state index in [0.717, 1.165) is 29.7 Å². The SMILES string of the molecule is CCc1cc2c(c(C(F)(F)F)c1)CN(c1cccc(C3(c4nocc4C)CC(C)C3)c1)C2=O. The van der Waals surface area contributed by atoms with Crippen molar-refractivity contribution in [2.75, 3.05) is 4.90 Å². The van der Waals surface area contributed by atoms with Gasteiger partial charge in [0.2, 0.25) is 0 Å². The number of carbonyl (C=O) groups is 1. The second kappa shape index (κ2) is 7.47. The lowest BCUT2D eigenvalue weighted by Crippen LogP contribution is -2.42. The summed E-state index contributed by atoms with van der Waals surface area (Å²) < 4.78 is 46.5. The van der Waals surface area contributed by atoms with E-state index in [2.05, 4.69) is 12.1 Å². The third kappa shape index (κ3) is 3.36. The summed E-state index contributed by atoms with van der Waals surface area (Å²) in [7, 11) is 0. The zero-order valence-corrected chi connectivity index (χ0v) is 18.8. The Morgan fingerprint density at radius 3 is 2.58 bits per heavy atom. The molecular formula is C26H25F3N2O2. The molecule has 172 valence electrons. The van der Waals surface area contributed by atoms with Crippen LogP contribution in [-0.4, -0.2) is 11.1 Å². The van der Waals surface area contributed by atoms with Crippen LogP contribution in [0, 0.1) is 12.8 Å². The molecule has 0 radical (unpaired) electrons. The average Bonchev–Trinajstić information content (AvgIpc) is 3.33. The van der Waals surface area contributed by atoms with Crippen LogP contribution in [0.25, 0.3) is 0 Å². The molecule has 5 rings (SSSR count). The molecule has 1 fully saturated rings. The smallest absolute Gasteiger partial charge is 0.364 e. The van der Waals surface area contributed by atoms with Crippen LogP contribution in [0.2, 0.25) is 0 Å². The summed E-state index contributed by atoms with van der Waals surface area (Å²) in [5, 5.41) is 4.27. The summed E-state index contributed by atoms with van der Waals surface area (Å²) in [6.07, 6.45) is -0.651. The second-order valence-corrected chi connectivity index (χ2v) is 9.40. The molecule has 33 heavy (non-hydrogen) atoms. The Labute approximate surface area is 190 Å². The van der Waals surface area contributed by atoms with Crippen molar-refractivity contribution >= 4 is 11.6 Å². The van der Waals surface area contributed by atoms with E-state index in [1.165, 1.54) is 11.0 Å². The zero-order valence-electron chi connectivity index (χ0n) is 18.8. The fraction of sp³-hybridized carbons (Fsp3) is 0.385. The first-order valence-corrected chi connectivity index (χ1v) is 11.2. The minimum Gasteiger partial charge on any atom is -0.364 e. The van der Waals surface area contributed by atoms with Gasteiger partial charge in [-0.2, -0.15) is 13.2 Å². The van der Waals surface area contributed by atoms with Gasteiger partial charge in [-0.05, 0) is 73.1 Å². The number of benzene rings is 2. The standard InChI is InChI=1S/C26H25F3N2O2/c1-4-17-8-20-21(22(9-17)26(27,28)29)13-31(24(20)32)19-7-5-6-18(10-19)25(11-15(2)12-25)23-16(3)14-33-30-23/h5-10,14-15H,4,11-13H2,1-3H3. The van der Waals surface area contributed by atoms with E-state index < -0.39 is 17.6 Å². The molecular weight excluding hydrogens is 429 g/mol.